The first-order valence-electron chi connectivity index (χ1n) is 7.67. The van der Waals surface area contributed by atoms with Crippen LogP contribution in [0.25, 0.3) is 0 Å². The molecule has 0 aliphatic rings. The summed E-state index contributed by atoms with van der Waals surface area (Å²) < 4.78 is 0.953. The summed E-state index contributed by atoms with van der Waals surface area (Å²) in [6.07, 6.45) is 1.29. The van der Waals surface area contributed by atoms with Gasteiger partial charge in [0, 0.05) is 29.0 Å². The van der Waals surface area contributed by atoms with Crippen molar-refractivity contribution in [1.29, 1.82) is 5.26 Å². The van der Waals surface area contributed by atoms with Crippen molar-refractivity contribution in [1.82, 2.24) is 0 Å². The number of anilines is 3. The minimum absolute atomic E-state index is 0.197. The molecular formula is C19H17BrN4O2. The molecule has 0 heterocycles. The molecule has 0 bridgehead atoms. The van der Waals surface area contributed by atoms with Crippen LogP contribution in [0.3, 0.4) is 0 Å². The molecule has 2 aromatic carbocycles. The van der Waals surface area contributed by atoms with Crippen LogP contribution in [0.4, 0.5) is 17.1 Å². The zero-order valence-corrected chi connectivity index (χ0v) is 15.9. The highest BCUT2D eigenvalue weighted by Crippen LogP contribution is 2.21. The Bertz CT molecular complexity index is 914. The zero-order valence-electron chi connectivity index (χ0n) is 14.3. The molecule has 0 saturated carbocycles. The lowest BCUT2D eigenvalue weighted by atomic mass is 10.2. The summed E-state index contributed by atoms with van der Waals surface area (Å²) >= 11 is 3.41. The number of amides is 2. The van der Waals surface area contributed by atoms with Crippen molar-refractivity contribution in [2.24, 2.45) is 0 Å². The summed E-state index contributed by atoms with van der Waals surface area (Å²) in [5.74, 6) is -1.22. The van der Waals surface area contributed by atoms with Crippen molar-refractivity contribution in [2.75, 3.05) is 16.0 Å². The van der Waals surface area contributed by atoms with Crippen molar-refractivity contribution in [3.63, 3.8) is 0 Å². The highest BCUT2D eigenvalue weighted by atomic mass is 79.9. The largest absolute Gasteiger partial charge is 0.399 e. The van der Waals surface area contributed by atoms with Gasteiger partial charge in [-0.15, -0.1) is 0 Å². The molecule has 0 unspecified atom stereocenters. The summed E-state index contributed by atoms with van der Waals surface area (Å²) in [6.45, 7) is 3.18. The first kappa shape index (κ1) is 19.2. The van der Waals surface area contributed by atoms with E-state index in [0.717, 1.165) is 14.9 Å². The van der Waals surface area contributed by atoms with Crippen molar-refractivity contribution in [3.8, 4) is 6.07 Å². The van der Waals surface area contributed by atoms with Crippen LogP contribution in [0.1, 0.15) is 12.5 Å². The predicted octanol–water partition coefficient (Wildman–Crippen LogP) is 3.74. The van der Waals surface area contributed by atoms with Crippen LogP contribution in [-0.2, 0) is 9.59 Å². The Labute approximate surface area is 160 Å². The van der Waals surface area contributed by atoms with E-state index in [1.54, 1.807) is 30.3 Å². The van der Waals surface area contributed by atoms with Gasteiger partial charge in [0.1, 0.15) is 11.6 Å². The molecule has 0 aliphatic carbocycles. The summed E-state index contributed by atoms with van der Waals surface area (Å²) in [7, 11) is 0. The molecule has 2 rings (SSSR count). The highest BCUT2D eigenvalue weighted by Gasteiger charge is 2.23. The molecule has 132 valence electrons. The second-order valence-electron chi connectivity index (χ2n) is 5.53. The van der Waals surface area contributed by atoms with Crippen LogP contribution in [0.2, 0.25) is 0 Å². The molecule has 7 heteroatoms. The highest BCUT2D eigenvalue weighted by molar-refractivity contribution is 9.10. The van der Waals surface area contributed by atoms with E-state index in [2.05, 4.69) is 21.2 Å². The van der Waals surface area contributed by atoms with Gasteiger partial charge in [0.2, 0.25) is 5.91 Å². The molecule has 0 aromatic heterocycles. The fraction of sp³-hybridized carbons (Fsp3) is 0.105. The summed E-state index contributed by atoms with van der Waals surface area (Å²) in [6, 6.07) is 13.6. The Morgan fingerprint density at radius 3 is 2.42 bits per heavy atom. The average molecular weight is 413 g/mol. The van der Waals surface area contributed by atoms with Gasteiger partial charge in [-0.3, -0.25) is 9.59 Å². The molecule has 0 fully saturated rings. The number of imide groups is 1. The molecule has 26 heavy (non-hydrogen) atoms. The number of aryl methyl sites for hydroxylation is 1. The Morgan fingerprint density at radius 1 is 1.23 bits per heavy atom. The lowest BCUT2D eigenvalue weighted by Gasteiger charge is -2.19. The number of nitrogens with one attached hydrogen (secondary N) is 1. The average Bonchev–Trinajstić information content (AvgIpc) is 2.60. The lowest BCUT2D eigenvalue weighted by molar-refractivity contribution is -0.123. The van der Waals surface area contributed by atoms with Crippen LogP contribution >= 0.6 is 15.9 Å². The van der Waals surface area contributed by atoms with Crippen LogP contribution in [-0.4, -0.2) is 11.8 Å². The maximum Gasteiger partial charge on any atom is 0.277 e. The summed E-state index contributed by atoms with van der Waals surface area (Å²) in [5, 5.41) is 12.3. The molecule has 2 amide bonds. The fourth-order valence-corrected chi connectivity index (χ4v) is 2.46. The van der Waals surface area contributed by atoms with Crippen molar-refractivity contribution >= 4 is 44.8 Å². The number of carbonyl (C=O) groups excluding carboxylic acids is 2. The number of benzene rings is 2. The zero-order chi connectivity index (χ0) is 19.3. The second kappa shape index (κ2) is 8.32. The van der Waals surface area contributed by atoms with Crippen LogP contribution in [0.15, 0.2) is 58.7 Å². The number of nitriles is 1. The molecule has 0 spiro atoms. The first-order chi connectivity index (χ1) is 12.3. The topological polar surface area (TPSA) is 99.2 Å². The normalized spacial score (nSPS) is 10.8. The van der Waals surface area contributed by atoms with E-state index in [0.29, 0.717) is 17.1 Å². The Kier molecular flexibility index (Phi) is 6.15. The van der Waals surface area contributed by atoms with Gasteiger partial charge in [0.05, 0.1) is 5.69 Å². The number of nitrogen functional groups attached to an aromatic ring is 1. The van der Waals surface area contributed by atoms with Gasteiger partial charge in [-0.1, -0.05) is 15.9 Å². The molecule has 2 aromatic rings. The maximum atomic E-state index is 12.7. The van der Waals surface area contributed by atoms with Crippen molar-refractivity contribution in [3.05, 3.63) is 64.3 Å². The third-order valence-electron chi connectivity index (χ3n) is 3.56. The van der Waals surface area contributed by atoms with Crippen molar-refractivity contribution < 1.29 is 9.59 Å². The van der Waals surface area contributed by atoms with Gasteiger partial charge in [0.15, 0.2) is 0 Å². The number of hydrogen-bond donors (Lipinski definition) is 2. The number of halogens is 1. The number of rotatable bonds is 4. The van der Waals surface area contributed by atoms with Crippen molar-refractivity contribution in [2.45, 2.75) is 13.8 Å². The van der Waals surface area contributed by atoms with E-state index >= 15 is 0 Å². The van der Waals surface area contributed by atoms with Gasteiger partial charge >= 0.3 is 0 Å². The smallest absolute Gasteiger partial charge is 0.277 e. The minimum atomic E-state index is -0.717. The Balaban J connectivity index is 2.29. The number of carbonyl (C=O) groups is 2. The maximum absolute atomic E-state index is 12.7. The van der Waals surface area contributed by atoms with Gasteiger partial charge in [-0.25, -0.2) is 4.90 Å². The Morgan fingerprint density at radius 2 is 1.88 bits per heavy atom. The molecule has 3 N–H and O–H groups in total. The van der Waals surface area contributed by atoms with Crippen LogP contribution in [0, 0.1) is 18.3 Å². The minimum Gasteiger partial charge on any atom is -0.399 e. The van der Waals surface area contributed by atoms with E-state index in [9.17, 15) is 14.9 Å². The molecule has 0 saturated heterocycles. The summed E-state index contributed by atoms with van der Waals surface area (Å²) in [5.41, 5.74) is 8.01. The molecular weight excluding hydrogens is 396 g/mol. The van der Waals surface area contributed by atoms with Gasteiger partial charge in [0.25, 0.3) is 5.91 Å². The summed E-state index contributed by atoms with van der Waals surface area (Å²) in [4.78, 5) is 25.6. The molecule has 0 radical (unpaired) electrons. The third-order valence-corrected chi connectivity index (χ3v) is 4.45. The molecule has 0 atom stereocenters. The van der Waals surface area contributed by atoms with E-state index in [1.807, 2.05) is 25.1 Å². The monoisotopic (exact) mass is 412 g/mol. The molecule has 6 nitrogen and oxygen atoms in total. The fourth-order valence-electron chi connectivity index (χ4n) is 2.22. The quantitative estimate of drug-likeness (QED) is 0.452. The van der Waals surface area contributed by atoms with Gasteiger partial charge < -0.3 is 11.1 Å². The number of hydrogen-bond acceptors (Lipinski definition) is 5. The Hall–Kier alpha value is -3.11. The predicted molar refractivity (Wildman–Crippen MR) is 105 cm³/mol. The van der Waals surface area contributed by atoms with E-state index < -0.39 is 11.8 Å². The number of nitrogens with two attached hydrogens (primary N) is 1. The lowest BCUT2D eigenvalue weighted by Crippen LogP contribution is -2.36. The van der Waals surface area contributed by atoms with Crippen LogP contribution in [0.5, 0.6) is 0 Å². The number of nitrogens with zero attached hydrogens (tertiary/aromatic N) is 2. The standard InChI is InChI=1S/C19H17BrN4O2/c1-12-9-16(5-8-18(12)20)23-11-14(10-21)19(26)24(13(2)25)17-6-3-15(22)4-7-17/h3-9,11,23H,22H2,1-2H3/b14-11-. The van der Waals surface area contributed by atoms with Gasteiger partial charge in [-0.2, -0.15) is 5.26 Å². The first-order valence-corrected chi connectivity index (χ1v) is 8.46. The van der Waals surface area contributed by atoms with E-state index in [4.69, 9.17) is 5.73 Å². The second-order valence-corrected chi connectivity index (χ2v) is 6.38. The van der Waals surface area contributed by atoms with E-state index in [1.165, 1.54) is 13.1 Å². The third kappa shape index (κ3) is 4.49. The SMILES string of the molecule is CC(=O)N(C(=O)/C(C#N)=C\Nc1ccc(Br)c(C)c1)c1ccc(N)cc1. The van der Waals surface area contributed by atoms with E-state index in [-0.39, 0.29) is 5.57 Å². The molecule has 0 aliphatic heterocycles. The van der Waals surface area contributed by atoms with Gasteiger partial charge in [-0.05, 0) is 55.0 Å². The van der Waals surface area contributed by atoms with Crippen LogP contribution < -0.4 is 16.0 Å².